The fourth-order valence-corrected chi connectivity index (χ4v) is 4.31. The van der Waals surface area contributed by atoms with Gasteiger partial charge in [-0.1, -0.05) is 35.5 Å². The monoisotopic (exact) mass is 319 g/mol. The number of anilines is 1. The molecule has 1 aromatic heterocycles. The summed E-state index contributed by atoms with van der Waals surface area (Å²) in [5.41, 5.74) is 3.45. The van der Waals surface area contributed by atoms with E-state index < -0.39 is 0 Å². The van der Waals surface area contributed by atoms with Crippen LogP contribution in [-0.2, 0) is 0 Å². The van der Waals surface area contributed by atoms with E-state index in [2.05, 4.69) is 67.3 Å². The molecule has 5 heteroatoms. The summed E-state index contributed by atoms with van der Waals surface area (Å²) in [5.74, 6) is 0. The lowest BCUT2D eigenvalue weighted by atomic mass is 10.0. The van der Waals surface area contributed by atoms with Crippen molar-refractivity contribution < 1.29 is 0 Å². The molecular weight excluding hydrogens is 298 g/mol. The molecule has 2 unspecified atom stereocenters. The van der Waals surface area contributed by atoms with Crippen molar-refractivity contribution >= 4 is 16.7 Å². The largest absolute Gasteiger partial charge is 0.354 e. The smallest absolute Gasteiger partial charge is 0.113 e. The van der Waals surface area contributed by atoms with Gasteiger partial charge in [-0.15, -0.1) is 5.10 Å². The normalized spacial score (nSPS) is 24.4. The maximum Gasteiger partial charge on any atom is 0.113 e. The van der Waals surface area contributed by atoms with Crippen LogP contribution in [0, 0.1) is 0 Å². The number of hydrogen-bond donors (Lipinski definition) is 0. The average molecular weight is 319 g/mol. The first kappa shape index (κ1) is 14.0. The molecule has 0 bridgehead atoms. The summed E-state index contributed by atoms with van der Waals surface area (Å²) in [6.45, 7) is 2.16. The molecule has 24 heavy (non-hydrogen) atoms. The predicted octanol–water partition coefficient (Wildman–Crippen LogP) is 3.26. The molecule has 2 saturated heterocycles. The Labute approximate surface area is 141 Å². The molecule has 0 spiro atoms. The van der Waals surface area contributed by atoms with E-state index in [0.717, 1.165) is 30.5 Å². The van der Waals surface area contributed by atoms with Gasteiger partial charge in [-0.05, 0) is 43.5 Å². The van der Waals surface area contributed by atoms with E-state index in [-0.39, 0.29) is 0 Å². The quantitative estimate of drug-likeness (QED) is 0.726. The Morgan fingerprint density at radius 3 is 2.54 bits per heavy atom. The van der Waals surface area contributed by atoms with Gasteiger partial charge in [0.25, 0.3) is 0 Å². The molecule has 0 N–H and O–H groups in total. The maximum atomic E-state index is 4.48. The summed E-state index contributed by atoms with van der Waals surface area (Å²) >= 11 is 0. The molecule has 2 aromatic carbocycles. The summed E-state index contributed by atoms with van der Waals surface area (Å²) in [4.78, 5) is 5.16. The van der Waals surface area contributed by atoms with Gasteiger partial charge in [0, 0.05) is 18.8 Å². The van der Waals surface area contributed by atoms with Crippen LogP contribution in [0.4, 0.5) is 5.69 Å². The lowest BCUT2D eigenvalue weighted by molar-refractivity contribution is 0.0679. The van der Waals surface area contributed by atoms with Crippen molar-refractivity contribution in [2.75, 3.05) is 18.0 Å². The first-order valence-corrected chi connectivity index (χ1v) is 8.79. The Bertz CT molecular complexity index is 843. The highest BCUT2D eigenvalue weighted by molar-refractivity contribution is 5.74. The number of para-hydroxylation sites is 2. The third kappa shape index (κ3) is 2.12. The van der Waals surface area contributed by atoms with Gasteiger partial charge in [-0.2, -0.15) is 0 Å². The third-order valence-corrected chi connectivity index (χ3v) is 5.40. The molecule has 5 nitrogen and oxygen atoms in total. The van der Waals surface area contributed by atoms with E-state index in [1.165, 1.54) is 18.5 Å². The van der Waals surface area contributed by atoms with E-state index in [4.69, 9.17) is 0 Å². The Morgan fingerprint density at radius 2 is 1.62 bits per heavy atom. The minimum absolute atomic E-state index is 0.310. The lowest BCUT2D eigenvalue weighted by Gasteiger charge is -2.40. The molecule has 2 aliphatic rings. The standard InChI is InChI=1S/C19H21N5/c1-2-7-15(8-3-1)22-13-14-23-18(22)11-6-12-19(23)24-17-10-5-4-9-16(17)20-21-24/h1-5,7-10,18-19H,6,11-14H2. The van der Waals surface area contributed by atoms with Gasteiger partial charge in [0.05, 0.1) is 11.7 Å². The van der Waals surface area contributed by atoms with Crippen molar-refractivity contribution in [3.63, 3.8) is 0 Å². The Morgan fingerprint density at radius 1 is 0.833 bits per heavy atom. The molecular formula is C19H21N5. The lowest BCUT2D eigenvalue weighted by Crippen LogP contribution is -2.45. The van der Waals surface area contributed by atoms with E-state index in [9.17, 15) is 0 Å². The van der Waals surface area contributed by atoms with E-state index in [0.29, 0.717) is 12.3 Å². The van der Waals surface area contributed by atoms with Gasteiger partial charge in [0.15, 0.2) is 0 Å². The van der Waals surface area contributed by atoms with Crippen LogP contribution in [0.5, 0.6) is 0 Å². The average Bonchev–Trinajstić information content (AvgIpc) is 3.26. The van der Waals surface area contributed by atoms with Crippen molar-refractivity contribution in [1.82, 2.24) is 19.9 Å². The van der Waals surface area contributed by atoms with Crippen molar-refractivity contribution in [3.05, 3.63) is 54.6 Å². The van der Waals surface area contributed by atoms with Crippen LogP contribution < -0.4 is 4.90 Å². The number of rotatable bonds is 2. The van der Waals surface area contributed by atoms with Crippen LogP contribution in [0.1, 0.15) is 25.4 Å². The van der Waals surface area contributed by atoms with Gasteiger partial charge in [0.2, 0.25) is 0 Å². The molecule has 2 fully saturated rings. The molecule has 0 aliphatic carbocycles. The minimum Gasteiger partial charge on any atom is -0.354 e. The highest BCUT2D eigenvalue weighted by atomic mass is 15.5. The fourth-order valence-electron chi connectivity index (χ4n) is 4.31. The van der Waals surface area contributed by atoms with Crippen LogP contribution in [0.3, 0.4) is 0 Å². The summed E-state index contributed by atoms with van der Waals surface area (Å²) in [6.07, 6.45) is 4.37. The van der Waals surface area contributed by atoms with Gasteiger partial charge >= 0.3 is 0 Å². The maximum absolute atomic E-state index is 4.48. The summed E-state index contributed by atoms with van der Waals surface area (Å²) < 4.78 is 2.13. The van der Waals surface area contributed by atoms with Gasteiger partial charge < -0.3 is 4.90 Å². The zero-order chi connectivity index (χ0) is 15.9. The Balaban J connectivity index is 1.49. The number of fused-ring (bicyclic) bond motifs is 2. The highest BCUT2D eigenvalue weighted by Gasteiger charge is 2.40. The first-order valence-electron chi connectivity index (χ1n) is 8.79. The number of nitrogens with zero attached hydrogens (tertiary/aromatic N) is 5. The molecule has 5 rings (SSSR count). The summed E-state index contributed by atoms with van der Waals surface area (Å²) in [5, 5.41) is 8.84. The second-order valence-corrected chi connectivity index (χ2v) is 6.68. The molecule has 122 valence electrons. The first-order chi connectivity index (χ1) is 11.9. The molecule has 0 radical (unpaired) electrons. The molecule has 0 amide bonds. The topological polar surface area (TPSA) is 37.2 Å². The van der Waals surface area contributed by atoms with Crippen molar-refractivity contribution in [3.8, 4) is 0 Å². The van der Waals surface area contributed by atoms with Crippen molar-refractivity contribution in [2.45, 2.75) is 31.6 Å². The van der Waals surface area contributed by atoms with Gasteiger partial charge in [-0.3, -0.25) is 4.90 Å². The number of aromatic nitrogens is 3. The zero-order valence-corrected chi connectivity index (χ0v) is 13.6. The van der Waals surface area contributed by atoms with Crippen LogP contribution in [-0.4, -0.2) is 39.1 Å². The van der Waals surface area contributed by atoms with Gasteiger partial charge in [-0.25, -0.2) is 4.68 Å². The zero-order valence-electron chi connectivity index (χ0n) is 13.6. The fraction of sp³-hybridized carbons (Fsp3) is 0.368. The third-order valence-electron chi connectivity index (χ3n) is 5.40. The number of hydrogen-bond acceptors (Lipinski definition) is 4. The highest BCUT2D eigenvalue weighted by Crippen LogP contribution is 2.37. The second-order valence-electron chi connectivity index (χ2n) is 6.68. The molecule has 0 saturated carbocycles. The second kappa shape index (κ2) is 5.60. The van der Waals surface area contributed by atoms with Crippen LogP contribution in [0.2, 0.25) is 0 Å². The van der Waals surface area contributed by atoms with E-state index in [1.807, 2.05) is 12.1 Å². The predicted molar refractivity (Wildman–Crippen MR) is 94.7 cm³/mol. The number of piperidine rings is 1. The van der Waals surface area contributed by atoms with Crippen LogP contribution >= 0.6 is 0 Å². The molecule has 3 heterocycles. The summed E-state index contributed by atoms with van der Waals surface area (Å²) in [6, 6.07) is 19.1. The molecule has 3 aromatic rings. The van der Waals surface area contributed by atoms with Gasteiger partial charge in [0.1, 0.15) is 11.7 Å². The Hall–Kier alpha value is -2.40. The van der Waals surface area contributed by atoms with E-state index in [1.54, 1.807) is 0 Å². The minimum atomic E-state index is 0.310. The SMILES string of the molecule is c1ccc(N2CCN3C2CCCC3n2nnc3ccccc32)cc1. The van der Waals surface area contributed by atoms with E-state index >= 15 is 0 Å². The van der Waals surface area contributed by atoms with Crippen LogP contribution in [0.25, 0.3) is 11.0 Å². The molecule has 2 aliphatic heterocycles. The molecule has 2 atom stereocenters. The van der Waals surface area contributed by atoms with Crippen molar-refractivity contribution in [2.24, 2.45) is 0 Å². The number of benzene rings is 2. The van der Waals surface area contributed by atoms with Crippen molar-refractivity contribution in [1.29, 1.82) is 0 Å². The van der Waals surface area contributed by atoms with Crippen LogP contribution in [0.15, 0.2) is 54.6 Å². The Kier molecular flexibility index (Phi) is 3.26. The summed E-state index contributed by atoms with van der Waals surface area (Å²) in [7, 11) is 0.